The molecular formula is C14H16FNS. The van der Waals surface area contributed by atoms with Gasteiger partial charge in [-0.15, -0.1) is 11.3 Å². The van der Waals surface area contributed by atoms with Crippen molar-refractivity contribution >= 4 is 11.3 Å². The van der Waals surface area contributed by atoms with Crippen LogP contribution in [0.2, 0.25) is 0 Å². The molecule has 0 bridgehead atoms. The van der Waals surface area contributed by atoms with Gasteiger partial charge in [0, 0.05) is 16.8 Å². The predicted octanol–water partition coefficient (Wildman–Crippen LogP) is 3.79. The molecule has 0 atom stereocenters. The van der Waals surface area contributed by atoms with Crippen LogP contribution in [0, 0.1) is 5.82 Å². The van der Waals surface area contributed by atoms with Gasteiger partial charge in [-0.3, -0.25) is 0 Å². The average Bonchev–Trinajstić information content (AvgIpc) is 2.79. The molecule has 1 aromatic carbocycles. The van der Waals surface area contributed by atoms with Gasteiger partial charge in [0.1, 0.15) is 5.82 Å². The molecule has 0 saturated carbocycles. The van der Waals surface area contributed by atoms with Crippen molar-refractivity contribution in [2.45, 2.75) is 19.3 Å². The molecule has 0 unspecified atom stereocenters. The van der Waals surface area contributed by atoms with Crippen molar-refractivity contribution in [2.24, 2.45) is 5.73 Å². The summed E-state index contributed by atoms with van der Waals surface area (Å²) in [4.78, 5) is 1.08. The fraction of sp³-hybridized carbons (Fsp3) is 0.286. The quantitative estimate of drug-likeness (QED) is 0.880. The van der Waals surface area contributed by atoms with Crippen molar-refractivity contribution in [1.82, 2.24) is 0 Å². The Bertz CT molecular complexity index is 516. The molecule has 0 amide bonds. The second-order valence-electron chi connectivity index (χ2n) is 4.80. The summed E-state index contributed by atoms with van der Waals surface area (Å²) in [5.74, 6) is -0.199. The lowest BCUT2D eigenvalue weighted by Crippen LogP contribution is -2.27. The van der Waals surface area contributed by atoms with Gasteiger partial charge < -0.3 is 5.73 Å². The maximum atomic E-state index is 13.1. The zero-order chi connectivity index (χ0) is 12.5. The molecule has 0 radical (unpaired) electrons. The topological polar surface area (TPSA) is 26.0 Å². The third-order valence-corrected chi connectivity index (χ3v) is 3.98. The number of rotatable bonds is 3. The molecule has 0 aliphatic carbocycles. The summed E-state index contributed by atoms with van der Waals surface area (Å²) in [7, 11) is 0. The van der Waals surface area contributed by atoms with Crippen molar-refractivity contribution in [3.63, 3.8) is 0 Å². The van der Waals surface area contributed by atoms with E-state index in [0.29, 0.717) is 6.54 Å². The first kappa shape index (κ1) is 12.3. The van der Waals surface area contributed by atoms with Crippen LogP contribution < -0.4 is 5.73 Å². The number of hydrogen-bond acceptors (Lipinski definition) is 2. The predicted molar refractivity (Wildman–Crippen MR) is 71.8 cm³/mol. The van der Waals surface area contributed by atoms with Crippen LogP contribution in [0.3, 0.4) is 0 Å². The van der Waals surface area contributed by atoms with Gasteiger partial charge in [-0.2, -0.15) is 0 Å². The van der Waals surface area contributed by atoms with Gasteiger partial charge in [0.2, 0.25) is 0 Å². The summed E-state index contributed by atoms with van der Waals surface area (Å²) in [6.07, 6.45) is 0. The van der Waals surface area contributed by atoms with Crippen LogP contribution in [0.15, 0.2) is 35.7 Å². The zero-order valence-electron chi connectivity index (χ0n) is 10.0. The molecule has 1 aromatic heterocycles. The van der Waals surface area contributed by atoms with E-state index in [4.69, 9.17) is 5.73 Å². The highest BCUT2D eigenvalue weighted by Crippen LogP contribution is 2.33. The number of nitrogens with two attached hydrogens (primary N) is 1. The summed E-state index contributed by atoms with van der Waals surface area (Å²) in [5.41, 5.74) is 7.87. The SMILES string of the molecule is CC(C)(CN)c1csc(-c2cccc(F)c2)c1. The first-order chi connectivity index (χ1) is 8.03. The third kappa shape index (κ3) is 2.56. The lowest BCUT2D eigenvalue weighted by molar-refractivity contribution is 0.541. The molecule has 90 valence electrons. The van der Waals surface area contributed by atoms with Crippen LogP contribution in [0.5, 0.6) is 0 Å². The Labute approximate surface area is 105 Å². The highest BCUT2D eigenvalue weighted by Gasteiger charge is 2.20. The summed E-state index contributed by atoms with van der Waals surface area (Å²) < 4.78 is 13.1. The second-order valence-corrected chi connectivity index (χ2v) is 5.71. The molecule has 0 saturated heterocycles. The standard InChI is InChI=1S/C14H16FNS/c1-14(2,9-16)11-7-13(17-8-11)10-4-3-5-12(15)6-10/h3-8H,9,16H2,1-2H3. The van der Waals surface area contributed by atoms with Gasteiger partial charge in [0.15, 0.2) is 0 Å². The molecule has 17 heavy (non-hydrogen) atoms. The maximum Gasteiger partial charge on any atom is 0.123 e. The molecule has 3 heteroatoms. The minimum atomic E-state index is -0.199. The van der Waals surface area contributed by atoms with E-state index >= 15 is 0 Å². The van der Waals surface area contributed by atoms with Gasteiger partial charge >= 0.3 is 0 Å². The molecule has 2 aromatic rings. The molecule has 2 N–H and O–H groups in total. The van der Waals surface area contributed by atoms with Crippen molar-refractivity contribution in [1.29, 1.82) is 0 Å². The third-order valence-electron chi connectivity index (χ3n) is 3.00. The molecule has 1 nitrogen and oxygen atoms in total. The van der Waals surface area contributed by atoms with Gasteiger partial charge in [-0.25, -0.2) is 4.39 Å². The van der Waals surface area contributed by atoms with Crippen molar-refractivity contribution in [3.05, 3.63) is 47.1 Å². The number of halogens is 1. The zero-order valence-corrected chi connectivity index (χ0v) is 10.9. The minimum Gasteiger partial charge on any atom is -0.330 e. The Hall–Kier alpha value is -1.19. The van der Waals surface area contributed by atoms with Gasteiger partial charge in [0.25, 0.3) is 0 Å². The summed E-state index contributed by atoms with van der Waals surface area (Å²) in [6.45, 7) is 4.83. The molecule has 2 rings (SSSR count). The van der Waals surface area contributed by atoms with E-state index in [9.17, 15) is 4.39 Å². The van der Waals surface area contributed by atoms with Crippen molar-refractivity contribution in [3.8, 4) is 10.4 Å². The Kier molecular flexibility index (Phi) is 3.31. The molecular weight excluding hydrogens is 233 g/mol. The lowest BCUT2D eigenvalue weighted by Gasteiger charge is -2.20. The Balaban J connectivity index is 2.36. The molecule has 1 heterocycles. The number of hydrogen-bond donors (Lipinski definition) is 1. The van der Waals surface area contributed by atoms with Crippen LogP contribution in [0.4, 0.5) is 4.39 Å². The summed E-state index contributed by atoms with van der Waals surface area (Å²) >= 11 is 1.63. The van der Waals surface area contributed by atoms with E-state index in [1.165, 1.54) is 11.6 Å². The smallest absolute Gasteiger partial charge is 0.123 e. The fourth-order valence-electron chi connectivity index (χ4n) is 1.60. The molecule has 0 fully saturated rings. The van der Waals surface area contributed by atoms with Crippen molar-refractivity contribution in [2.75, 3.05) is 6.54 Å². The Morgan fingerprint density at radius 3 is 2.71 bits per heavy atom. The van der Waals surface area contributed by atoms with E-state index in [1.54, 1.807) is 23.5 Å². The molecule has 0 spiro atoms. The largest absolute Gasteiger partial charge is 0.330 e. The molecule has 0 aliphatic rings. The number of benzene rings is 1. The van der Waals surface area contributed by atoms with Crippen LogP contribution in [0.25, 0.3) is 10.4 Å². The van der Waals surface area contributed by atoms with E-state index in [1.807, 2.05) is 6.07 Å². The van der Waals surface area contributed by atoms with Crippen LogP contribution in [0.1, 0.15) is 19.4 Å². The van der Waals surface area contributed by atoms with Gasteiger partial charge in [-0.1, -0.05) is 26.0 Å². The van der Waals surface area contributed by atoms with Gasteiger partial charge in [-0.05, 0) is 34.7 Å². The van der Waals surface area contributed by atoms with Crippen LogP contribution in [-0.4, -0.2) is 6.54 Å². The van der Waals surface area contributed by atoms with Crippen molar-refractivity contribution < 1.29 is 4.39 Å². The monoisotopic (exact) mass is 249 g/mol. The highest BCUT2D eigenvalue weighted by atomic mass is 32.1. The van der Waals surface area contributed by atoms with E-state index in [2.05, 4.69) is 25.3 Å². The number of thiophene rings is 1. The maximum absolute atomic E-state index is 13.1. The van der Waals surface area contributed by atoms with E-state index in [-0.39, 0.29) is 11.2 Å². The summed E-state index contributed by atoms with van der Waals surface area (Å²) in [5, 5.41) is 2.10. The first-order valence-electron chi connectivity index (χ1n) is 5.58. The lowest BCUT2D eigenvalue weighted by atomic mass is 9.86. The first-order valence-corrected chi connectivity index (χ1v) is 6.46. The van der Waals surface area contributed by atoms with Crippen LogP contribution in [-0.2, 0) is 5.41 Å². The molecule has 0 aliphatic heterocycles. The van der Waals surface area contributed by atoms with E-state index in [0.717, 1.165) is 10.4 Å². The highest BCUT2D eigenvalue weighted by molar-refractivity contribution is 7.13. The van der Waals surface area contributed by atoms with Crippen LogP contribution >= 0.6 is 11.3 Å². The summed E-state index contributed by atoms with van der Waals surface area (Å²) in [6, 6.07) is 8.78. The normalized spacial score (nSPS) is 11.8. The van der Waals surface area contributed by atoms with Gasteiger partial charge in [0.05, 0.1) is 0 Å². The Morgan fingerprint density at radius 1 is 1.29 bits per heavy atom. The van der Waals surface area contributed by atoms with E-state index < -0.39 is 0 Å². The second kappa shape index (κ2) is 4.59. The fourth-order valence-corrected chi connectivity index (χ4v) is 2.70. The minimum absolute atomic E-state index is 0.0257. The average molecular weight is 249 g/mol. The Morgan fingerprint density at radius 2 is 2.06 bits per heavy atom.